The van der Waals surface area contributed by atoms with Gasteiger partial charge in [-0.1, -0.05) is 152 Å². The molecule has 23 aromatic rings. The van der Waals surface area contributed by atoms with Crippen molar-refractivity contribution in [3.05, 3.63) is 463 Å². The lowest BCUT2D eigenvalue weighted by Crippen LogP contribution is -1.99. The highest BCUT2D eigenvalue weighted by Gasteiger charge is 2.24. The van der Waals surface area contributed by atoms with Crippen LogP contribution in [0, 0.1) is 0 Å². The van der Waals surface area contributed by atoms with Gasteiger partial charge in [0.15, 0.2) is 5.58 Å². The average molecular weight is 1660 g/mol. The van der Waals surface area contributed by atoms with Crippen molar-refractivity contribution in [2.75, 3.05) is 0 Å². The molecule has 0 aliphatic carbocycles. The summed E-state index contributed by atoms with van der Waals surface area (Å²) in [6.45, 7) is 0. The topological polar surface area (TPSA) is 178 Å². The minimum Gasteiger partial charge on any atom is -0.436 e. The number of fused-ring (bicyclic) bond motifs is 3. The van der Waals surface area contributed by atoms with Crippen molar-refractivity contribution in [1.82, 2.24) is 68.9 Å². The Labute approximate surface area is 744 Å². The summed E-state index contributed by atoms with van der Waals surface area (Å²) in [5, 5.41) is 0. The van der Waals surface area contributed by atoms with Crippen LogP contribution in [0.3, 0.4) is 0 Å². The summed E-state index contributed by atoms with van der Waals surface area (Å²) in [6, 6.07) is 122. The van der Waals surface area contributed by atoms with E-state index in [0.29, 0.717) is 5.89 Å². The average Bonchev–Trinajstić information content (AvgIpc) is 1.66. The Morgan fingerprint density at radius 1 is 0.171 bits per heavy atom. The third-order valence-electron chi connectivity index (χ3n) is 22.9. The van der Waals surface area contributed by atoms with Crippen LogP contribution in [0.25, 0.3) is 212 Å². The predicted octanol–water partition coefficient (Wildman–Crippen LogP) is 27.4. The highest BCUT2D eigenvalue weighted by molar-refractivity contribution is 5.96. The van der Waals surface area contributed by atoms with Crippen LogP contribution >= 0.6 is 0 Å². The first-order chi connectivity index (χ1) is 63.9. The van der Waals surface area contributed by atoms with Crippen LogP contribution in [-0.2, 0) is 0 Å². The Balaban J connectivity index is 0.000000125. The molecule has 0 aliphatic heterocycles. The van der Waals surface area contributed by atoms with Crippen LogP contribution in [0.2, 0.25) is 0 Å². The second-order valence-corrected chi connectivity index (χ2v) is 31.1. The Kier molecular flexibility index (Phi) is 21.8. The van der Waals surface area contributed by atoms with Crippen LogP contribution in [0.5, 0.6) is 0 Å². The van der Waals surface area contributed by atoms with E-state index in [-0.39, 0.29) is 0 Å². The first-order valence-electron chi connectivity index (χ1n) is 42.4. The molecule has 129 heavy (non-hydrogen) atoms. The molecule has 15 heteroatoms. The van der Waals surface area contributed by atoms with E-state index in [1.54, 1.807) is 31.0 Å². The normalized spacial score (nSPS) is 11.1. The van der Waals surface area contributed by atoms with Gasteiger partial charge >= 0.3 is 0 Å². The third kappa shape index (κ3) is 16.8. The molecule has 15 nitrogen and oxygen atoms in total. The second-order valence-electron chi connectivity index (χ2n) is 31.1. The van der Waals surface area contributed by atoms with Gasteiger partial charge in [0.2, 0.25) is 5.89 Å². The fourth-order valence-corrected chi connectivity index (χ4v) is 16.7. The summed E-state index contributed by atoms with van der Waals surface area (Å²) >= 11 is 0. The number of imidazole rings is 2. The number of hydrogen-bond acceptors (Lipinski definition) is 13. The lowest BCUT2D eigenvalue weighted by Gasteiger charge is -2.18. The number of pyridine rings is 9. The molecule has 0 N–H and O–H groups in total. The molecule has 0 radical (unpaired) electrons. The standard InChI is InChI=1S/C51H34N6.C40H27N5.C23H15N3O/c1-2-14-46(15-3-1)57-50-17-5-4-16-49(50)56-51(57)48-30-35(40-24-41(36-10-6-20-52-31-36)26-42(25-40)37-11-7-21-53-32-37)18-19-47(48)45-28-43(38-12-8-22-54-33-38)27-44(29-45)39-13-9-23-55-34-39;1-2-12-35(13-3-1)45-39-15-5-4-14-38(39)44-40(45)37-24-28(16-17-36(37)31-11-8-20-43-27-31)32-21-33(29-9-6-18-41-25-29)23-34(22-32)30-10-7-19-42-26-30;1-2-8-22-21(7-1)26-23(27-22)20-12-18(16-5-3-9-24-14-16)11-19(13-20)17-6-4-10-25-15-17/h1-34H;1-27H;1-15H. The SMILES string of the molecule is c1ccc(-n2c(-c3cc(-c4cc(-c5cccnc5)cc(-c5cccnc5)c4)ccc3-c3cc(-c4cccnc4)cc(-c4cccnc4)c3)nc3ccccc32)cc1.c1ccc(-n2c(-c3cc(-c4cc(-c5cccnc5)cc(-c5cccnc5)c4)ccc3-c3cccnc3)nc3ccccc32)cc1.c1cncc(-c2cc(-c3cccnc3)cc(-c3nc4ccccc4o3)c2)c1. The Morgan fingerprint density at radius 2 is 0.434 bits per heavy atom. The number of benzene rings is 11. The maximum absolute atomic E-state index is 5.99. The van der Waals surface area contributed by atoms with E-state index < -0.39 is 0 Å². The Bertz CT molecular complexity index is 7610. The van der Waals surface area contributed by atoms with Crippen LogP contribution < -0.4 is 0 Å². The van der Waals surface area contributed by atoms with Crippen LogP contribution in [0.1, 0.15) is 0 Å². The van der Waals surface area contributed by atoms with Crippen molar-refractivity contribution in [2.24, 2.45) is 0 Å². The van der Waals surface area contributed by atoms with E-state index in [0.717, 1.165) is 206 Å². The number of rotatable bonds is 17. The van der Waals surface area contributed by atoms with Crippen LogP contribution in [0.4, 0.5) is 0 Å². The van der Waals surface area contributed by atoms with Gasteiger partial charge in [-0.2, -0.15) is 0 Å². The van der Waals surface area contributed by atoms with Crippen molar-refractivity contribution < 1.29 is 4.42 Å². The number of hydrogen-bond donors (Lipinski definition) is 0. The quantitative estimate of drug-likeness (QED) is 0.0842. The molecule has 11 aromatic carbocycles. The van der Waals surface area contributed by atoms with E-state index in [1.165, 1.54) is 0 Å². The molecule has 0 unspecified atom stereocenters. The highest BCUT2D eigenvalue weighted by atomic mass is 16.3. The van der Waals surface area contributed by atoms with Gasteiger partial charge in [-0.15, -0.1) is 0 Å². The maximum Gasteiger partial charge on any atom is 0.227 e. The summed E-state index contributed by atoms with van der Waals surface area (Å²) in [6.07, 6.45) is 33.3. The lowest BCUT2D eigenvalue weighted by atomic mass is 9.89. The molecular formula is C114H76N14O. The minimum absolute atomic E-state index is 0.604. The van der Waals surface area contributed by atoms with E-state index in [4.69, 9.17) is 14.4 Å². The molecule has 608 valence electrons. The Hall–Kier alpha value is -17.8. The van der Waals surface area contributed by atoms with Crippen molar-refractivity contribution >= 4 is 33.2 Å². The predicted molar refractivity (Wildman–Crippen MR) is 518 cm³/mol. The second kappa shape index (κ2) is 35.9. The van der Waals surface area contributed by atoms with Crippen molar-refractivity contribution in [1.29, 1.82) is 0 Å². The van der Waals surface area contributed by atoms with Crippen LogP contribution in [-0.4, -0.2) is 68.9 Å². The van der Waals surface area contributed by atoms with Gasteiger partial charge in [0, 0.05) is 190 Å². The summed E-state index contributed by atoms with van der Waals surface area (Å²) in [7, 11) is 0. The summed E-state index contributed by atoms with van der Waals surface area (Å²) < 4.78 is 10.5. The summed E-state index contributed by atoms with van der Waals surface area (Å²) in [5.41, 5.74) is 36.1. The molecule has 12 heterocycles. The zero-order valence-electron chi connectivity index (χ0n) is 69.5. The number of nitrogens with zero attached hydrogens (tertiary/aromatic N) is 14. The molecule has 0 spiro atoms. The maximum atomic E-state index is 5.99. The molecule has 12 aromatic heterocycles. The molecular weight excluding hydrogens is 1580 g/mol. The number of aromatic nitrogens is 14. The molecule has 0 fully saturated rings. The molecule has 0 saturated carbocycles. The van der Waals surface area contributed by atoms with Crippen molar-refractivity contribution in [2.45, 2.75) is 0 Å². The number of para-hydroxylation sites is 8. The fraction of sp³-hybridized carbons (Fsp3) is 0. The van der Waals surface area contributed by atoms with Gasteiger partial charge < -0.3 is 4.42 Å². The third-order valence-corrected chi connectivity index (χ3v) is 22.9. The first-order valence-corrected chi connectivity index (χ1v) is 42.4. The number of oxazole rings is 1. The minimum atomic E-state index is 0.604. The molecule has 0 amide bonds. The largest absolute Gasteiger partial charge is 0.436 e. The van der Waals surface area contributed by atoms with E-state index in [1.807, 2.05) is 196 Å². The van der Waals surface area contributed by atoms with E-state index in [9.17, 15) is 0 Å². The zero-order chi connectivity index (χ0) is 86.0. The monoisotopic (exact) mass is 1660 g/mol. The van der Waals surface area contributed by atoms with Gasteiger partial charge in [-0.05, 0) is 284 Å². The molecule has 0 atom stereocenters. The lowest BCUT2D eigenvalue weighted by molar-refractivity contribution is 0.620. The van der Waals surface area contributed by atoms with Crippen LogP contribution in [0.15, 0.2) is 468 Å². The first kappa shape index (κ1) is 78.4. The summed E-state index contributed by atoms with van der Waals surface area (Å²) in [4.78, 5) is 54.9. The van der Waals surface area contributed by atoms with Gasteiger partial charge in [-0.3, -0.25) is 54.0 Å². The van der Waals surface area contributed by atoms with E-state index >= 15 is 0 Å². The zero-order valence-corrected chi connectivity index (χ0v) is 69.5. The van der Waals surface area contributed by atoms with Gasteiger partial charge in [0.1, 0.15) is 17.2 Å². The van der Waals surface area contributed by atoms with Gasteiger partial charge in [-0.25, -0.2) is 15.0 Å². The fourth-order valence-electron chi connectivity index (χ4n) is 16.7. The van der Waals surface area contributed by atoms with Crippen molar-refractivity contribution in [3.8, 4) is 179 Å². The smallest absolute Gasteiger partial charge is 0.227 e. The van der Waals surface area contributed by atoms with Gasteiger partial charge in [0.25, 0.3) is 0 Å². The van der Waals surface area contributed by atoms with E-state index in [2.05, 4.69) is 296 Å². The summed E-state index contributed by atoms with van der Waals surface area (Å²) in [5.74, 6) is 2.33. The molecule has 23 rings (SSSR count). The van der Waals surface area contributed by atoms with Gasteiger partial charge in [0.05, 0.1) is 22.1 Å². The Morgan fingerprint density at radius 3 is 0.744 bits per heavy atom. The molecule has 0 bridgehead atoms. The highest BCUT2D eigenvalue weighted by Crippen LogP contribution is 2.45. The molecule has 0 saturated heterocycles. The van der Waals surface area contributed by atoms with Crippen molar-refractivity contribution in [3.63, 3.8) is 0 Å². The molecule has 0 aliphatic rings.